The fraction of sp³-hybridized carbons (Fsp3) is 0.188. The maximum atomic E-state index is 5.31. The van der Waals surface area contributed by atoms with E-state index in [2.05, 4.69) is 48.1 Å². The highest BCUT2D eigenvalue weighted by Crippen LogP contribution is 2.18. The van der Waals surface area contributed by atoms with Crippen molar-refractivity contribution in [3.8, 4) is 0 Å². The zero-order valence-corrected chi connectivity index (χ0v) is 13.3. The summed E-state index contributed by atoms with van der Waals surface area (Å²) in [5, 5.41) is 6.97. The van der Waals surface area contributed by atoms with Crippen LogP contribution in [0.15, 0.2) is 53.4 Å². The quantitative estimate of drug-likeness (QED) is 0.627. The van der Waals surface area contributed by atoms with Gasteiger partial charge in [-0.3, -0.25) is 0 Å². The van der Waals surface area contributed by atoms with Crippen molar-refractivity contribution >= 4 is 40.5 Å². The van der Waals surface area contributed by atoms with Crippen LogP contribution in [0.2, 0.25) is 0 Å². The summed E-state index contributed by atoms with van der Waals surface area (Å²) in [5.74, 6) is 0. The predicted octanol–water partition coefficient (Wildman–Crippen LogP) is 4.78. The molecule has 0 amide bonds. The molecule has 0 saturated heterocycles. The Kier molecular flexibility index (Phi) is 5.44. The molecule has 20 heavy (non-hydrogen) atoms. The molecule has 0 unspecified atom stereocenters. The zero-order chi connectivity index (χ0) is 14.4. The van der Waals surface area contributed by atoms with Crippen LogP contribution in [0.4, 0.5) is 11.4 Å². The Morgan fingerprint density at radius 1 is 0.950 bits per heavy atom. The Labute approximate surface area is 130 Å². The number of rotatable bonds is 4. The molecule has 0 heterocycles. The molecule has 2 aromatic carbocycles. The van der Waals surface area contributed by atoms with E-state index in [9.17, 15) is 0 Å². The number of hydrogen-bond donors (Lipinski definition) is 2. The smallest absolute Gasteiger partial charge is 0.175 e. The molecule has 0 atom stereocenters. The minimum Gasteiger partial charge on any atom is -0.332 e. The molecule has 0 aliphatic heterocycles. The summed E-state index contributed by atoms with van der Waals surface area (Å²) in [6.45, 7) is 2.15. The van der Waals surface area contributed by atoms with E-state index < -0.39 is 0 Å². The highest BCUT2D eigenvalue weighted by Gasteiger charge is 1.99. The van der Waals surface area contributed by atoms with E-state index in [0.29, 0.717) is 5.11 Å². The van der Waals surface area contributed by atoms with E-state index in [1.807, 2.05) is 24.3 Å². The molecule has 2 aromatic rings. The Morgan fingerprint density at radius 2 is 1.45 bits per heavy atom. The second kappa shape index (κ2) is 7.31. The van der Waals surface area contributed by atoms with Crippen LogP contribution in [0.5, 0.6) is 0 Å². The topological polar surface area (TPSA) is 24.1 Å². The lowest BCUT2D eigenvalue weighted by Crippen LogP contribution is -2.18. The van der Waals surface area contributed by atoms with Crippen molar-refractivity contribution in [3.63, 3.8) is 0 Å². The van der Waals surface area contributed by atoms with Crippen LogP contribution in [-0.2, 0) is 6.42 Å². The maximum absolute atomic E-state index is 5.31. The Morgan fingerprint density at radius 3 is 1.90 bits per heavy atom. The average molecular weight is 302 g/mol. The van der Waals surface area contributed by atoms with Gasteiger partial charge in [0.25, 0.3) is 0 Å². The summed E-state index contributed by atoms with van der Waals surface area (Å²) < 4.78 is 0. The van der Waals surface area contributed by atoms with Crippen LogP contribution >= 0.6 is 24.0 Å². The van der Waals surface area contributed by atoms with E-state index in [1.54, 1.807) is 11.8 Å². The summed E-state index contributed by atoms with van der Waals surface area (Å²) in [6, 6.07) is 16.5. The zero-order valence-electron chi connectivity index (χ0n) is 11.6. The van der Waals surface area contributed by atoms with E-state index in [4.69, 9.17) is 12.2 Å². The van der Waals surface area contributed by atoms with Gasteiger partial charge in [0, 0.05) is 16.3 Å². The first kappa shape index (κ1) is 14.9. The fourth-order valence-corrected chi connectivity index (χ4v) is 2.44. The van der Waals surface area contributed by atoms with Crippen molar-refractivity contribution in [3.05, 3.63) is 54.1 Å². The van der Waals surface area contributed by atoms with Gasteiger partial charge in [-0.2, -0.15) is 0 Å². The first-order chi connectivity index (χ1) is 9.71. The molecule has 2 rings (SSSR count). The molecule has 0 saturated carbocycles. The van der Waals surface area contributed by atoms with Crippen molar-refractivity contribution in [2.24, 2.45) is 0 Å². The van der Waals surface area contributed by atoms with Crippen molar-refractivity contribution in [1.29, 1.82) is 0 Å². The minimum absolute atomic E-state index is 0.603. The Hall–Kier alpha value is -1.52. The lowest BCUT2D eigenvalue weighted by atomic mass is 10.1. The van der Waals surface area contributed by atoms with Crippen molar-refractivity contribution in [1.82, 2.24) is 0 Å². The molecule has 2 nitrogen and oxygen atoms in total. The molecule has 0 aromatic heterocycles. The van der Waals surface area contributed by atoms with Crippen LogP contribution in [0.1, 0.15) is 12.5 Å². The molecule has 0 spiro atoms. The van der Waals surface area contributed by atoms with Crippen LogP contribution in [0.25, 0.3) is 0 Å². The van der Waals surface area contributed by atoms with Gasteiger partial charge in [0.15, 0.2) is 5.11 Å². The second-order valence-corrected chi connectivity index (χ2v) is 5.65. The molecular formula is C16H18N2S2. The summed E-state index contributed by atoms with van der Waals surface area (Å²) in [6.07, 6.45) is 3.11. The summed E-state index contributed by atoms with van der Waals surface area (Å²) in [4.78, 5) is 1.24. The molecule has 0 fully saturated rings. The number of aryl methyl sites for hydroxylation is 1. The molecule has 4 heteroatoms. The van der Waals surface area contributed by atoms with E-state index >= 15 is 0 Å². The fourth-order valence-electron chi connectivity index (χ4n) is 1.79. The summed E-state index contributed by atoms with van der Waals surface area (Å²) in [5.41, 5.74) is 3.31. The van der Waals surface area contributed by atoms with Crippen molar-refractivity contribution in [2.45, 2.75) is 18.2 Å². The number of nitrogens with one attached hydrogen (secondary N) is 2. The van der Waals surface area contributed by atoms with Gasteiger partial charge in [0.1, 0.15) is 0 Å². The molecule has 0 aliphatic carbocycles. The minimum atomic E-state index is 0.603. The summed E-state index contributed by atoms with van der Waals surface area (Å²) >= 11 is 7.04. The highest BCUT2D eigenvalue weighted by atomic mass is 32.2. The average Bonchev–Trinajstić information content (AvgIpc) is 2.49. The third-order valence-corrected chi connectivity index (χ3v) is 3.92. The molecule has 104 valence electrons. The normalized spacial score (nSPS) is 10.1. The molecule has 0 radical (unpaired) electrons. The Bertz CT molecular complexity index is 511. The van der Waals surface area contributed by atoms with Crippen LogP contribution in [0.3, 0.4) is 0 Å². The first-order valence-electron chi connectivity index (χ1n) is 6.52. The maximum Gasteiger partial charge on any atom is 0.175 e. The van der Waals surface area contributed by atoms with E-state index in [0.717, 1.165) is 17.8 Å². The van der Waals surface area contributed by atoms with Gasteiger partial charge in [-0.1, -0.05) is 19.1 Å². The van der Waals surface area contributed by atoms with Crippen LogP contribution in [-0.4, -0.2) is 11.4 Å². The number of hydrogen-bond acceptors (Lipinski definition) is 2. The van der Waals surface area contributed by atoms with Gasteiger partial charge in [-0.05, 0) is 66.9 Å². The third kappa shape index (κ3) is 4.25. The molecule has 2 N–H and O–H groups in total. The van der Waals surface area contributed by atoms with Gasteiger partial charge < -0.3 is 10.6 Å². The Balaban J connectivity index is 1.93. The standard InChI is InChI=1S/C16H18N2S2/c1-3-12-4-6-13(7-5-12)17-16(19)18-14-8-10-15(20-2)11-9-14/h4-11H,3H2,1-2H3,(H2,17,18,19). The van der Waals surface area contributed by atoms with Crippen molar-refractivity contribution < 1.29 is 0 Å². The lowest BCUT2D eigenvalue weighted by Gasteiger charge is -2.11. The van der Waals surface area contributed by atoms with Crippen molar-refractivity contribution in [2.75, 3.05) is 16.9 Å². The van der Waals surface area contributed by atoms with Crippen LogP contribution < -0.4 is 10.6 Å². The van der Waals surface area contributed by atoms with E-state index in [-0.39, 0.29) is 0 Å². The second-order valence-electron chi connectivity index (χ2n) is 4.36. The largest absolute Gasteiger partial charge is 0.332 e. The monoisotopic (exact) mass is 302 g/mol. The third-order valence-electron chi connectivity index (χ3n) is 2.97. The predicted molar refractivity (Wildman–Crippen MR) is 93.9 cm³/mol. The number of benzene rings is 2. The SMILES string of the molecule is CCc1ccc(NC(=S)Nc2ccc(SC)cc2)cc1. The molecular weight excluding hydrogens is 284 g/mol. The number of thioether (sulfide) groups is 1. The van der Waals surface area contributed by atoms with Gasteiger partial charge in [0.2, 0.25) is 0 Å². The first-order valence-corrected chi connectivity index (χ1v) is 8.15. The number of anilines is 2. The van der Waals surface area contributed by atoms with Gasteiger partial charge >= 0.3 is 0 Å². The highest BCUT2D eigenvalue weighted by molar-refractivity contribution is 7.98. The van der Waals surface area contributed by atoms with Gasteiger partial charge in [0.05, 0.1) is 0 Å². The number of thiocarbonyl (C=S) groups is 1. The van der Waals surface area contributed by atoms with Crippen LogP contribution in [0, 0.1) is 0 Å². The summed E-state index contributed by atoms with van der Waals surface area (Å²) in [7, 11) is 0. The molecule has 0 bridgehead atoms. The van der Waals surface area contributed by atoms with Gasteiger partial charge in [-0.25, -0.2) is 0 Å². The molecule has 0 aliphatic rings. The van der Waals surface area contributed by atoms with Gasteiger partial charge in [-0.15, -0.1) is 11.8 Å². The van der Waals surface area contributed by atoms with E-state index in [1.165, 1.54) is 10.5 Å². The lowest BCUT2D eigenvalue weighted by molar-refractivity contribution is 1.14.